The minimum absolute atomic E-state index is 0.0299. The zero-order chi connectivity index (χ0) is 13.3. The molecule has 3 nitrogen and oxygen atoms in total. The SMILES string of the molecule is Cc1cc(C)cc(Cn2c(C)ncc(I)c2=O)c1. The zero-order valence-corrected chi connectivity index (χ0v) is 12.9. The Morgan fingerprint density at radius 2 is 1.78 bits per heavy atom. The van der Waals surface area contributed by atoms with Crippen molar-refractivity contribution >= 4 is 22.6 Å². The summed E-state index contributed by atoms with van der Waals surface area (Å²) in [5.74, 6) is 0.750. The average molecular weight is 354 g/mol. The quantitative estimate of drug-likeness (QED) is 0.778. The van der Waals surface area contributed by atoms with Gasteiger partial charge in [-0.2, -0.15) is 0 Å². The van der Waals surface area contributed by atoms with Gasteiger partial charge in [0.2, 0.25) is 0 Å². The maximum atomic E-state index is 12.1. The lowest BCUT2D eigenvalue weighted by atomic mass is 10.1. The van der Waals surface area contributed by atoms with Crippen molar-refractivity contribution in [3.05, 3.63) is 60.8 Å². The van der Waals surface area contributed by atoms with Gasteiger partial charge in [0, 0.05) is 6.20 Å². The number of nitrogens with zero attached hydrogens (tertiary/aromatic N) is 2. The van der Waals surface area contributed by atoms with Gasteiger partial charge in [0.1, 0.15) is 5.82 Å². The van der Waals surface area contributed by atoms with E-state index in [9.17, 15) is 4.79 Å². The first-order valence-corrected chi connectivity index (χ1v) is 6.84. The standard InChI is InChI=1S/C14H15IN2O/c1-9-4-10(2)6-12(5-9)8-17-11(3)16-7-13(15)14(17)18/h4-7H,8H2,1-3H3. The van der Waals surface area contributed by atoms with Crippen LogP contribution in [0.25, 0.3) is 0 Å². The second-order valence-electron chi connectivity index (χ2n) is 4.54. The number of benzene rings is 1. The lowest BCUT2D eigenvalue weighted by Crippen LogP contribution is -2.26. The molecule has 0 bridgehead atoms. The summed E-state index contributed by atoms with van der Waals surface area (Å²) < 4.78 is 2.37. The highest BCUT2D eigenvalue weighted by atomic mass is 127. The fourth-order valence-electron chi connectivity index (χ4n) is 2.08. The second-order valence-corrected chi connectivity index (χ2v) is 5.70. The Hall–Kier alpha value is -1.17. The summed E-state index contributed by atoms with van der Waals surface area (Å²) in [5.41, 5.74) is 3.60. The summed E-state index contributed by atoms with van der Waals surface area (Å²) in [4.78, 5) is 16.3. The fraction of sp³-hybridized carbons (Fsp3) is 0.286. The van der Waals surface area contributed by atoms with Gasteiger partial charge in [0.25, 0.3) is 5.56 Å². The van der Waals surface area contributed by atoms with Crippen LogP contribution in [-0.2, 0) is 6.54 Å². The van der Waals surface area contributed by atoms with E-state index >= 15 is 0 Å². The first-order valence-electron chi connectivity index (χ1n) is 5.76. The van der Waals surface area contributed by atoms with E-state index in [1.165, 1.54) is 11.1 Å². The van der Waals surface area contributed by atoms with Gasteiger partial charge in [0.15, 0.2) is 0 Å². The molecule has 0 unspecified atom stereocenters. The van der Waals surface area contributed by atoms with Crippen LogP contribution in [0, 0.1) is 24.3 Å². The van der Waals surface area contributed by atoms with E-state index in [2.05, 4.69) is 37.0 Å². The Morgan fingerprint density at radius 1 is 1.17 bits per heavy atom. The van der Waals surface area contributed by atoms with Crippen molar-refractivity contribution in [3.63, 3.8) is 0 Å². The summed E-state index contributed by atoms with van der Waals surface area (Å²) in [6.07, 6.45) is 1.62. The predicted octanol–water partition coefficient (Wildman–Crippen LogP) is 2.82. The molecule has 1 aromatic carbocycles. The second kappa shape index (κ2) is 5.22. The number of aromatic nitrogens is 2. The van der Waals surface area contributed by atoms with Crippen molar-refractivity contribution in [1.29, 1.82) is 0 Å². The first-order chi connectivity index (χ1) is 8.47. The van der Waals surface area contributed by atoms with Gasteiger partial charge in [-0.05, 0) is 48.9 Å². The van der Waals surface area contributed by atoms with Gasteiger partial charge in [-0.15, -0.1) is 0 Å². The van der Waals surface area contributed by atoms with Crippen molar-refractivity contribution in [2.45, 2.75) is 27.3 Å². The molecule has 1 aromatic heterocycles. The van der Waals surface area contributed by atoms with E-state index in [0.717, 1.165) is 11.4 Å². The van der Waals surface area contributed by atoms with Crippen LogP contribution < -0.4 is 5.56 Å². The van der Waals surface area contributed by atoms with E-state index in [0.29, 0.717) is 10.1 Å². The summed E-state index contributed by atoms with van der Waals surface area (Å²) in [6.45, 7) is 6.58. The Morgan fingerprint density at radius 3 is 2.39 bits per heavy atom. The van der Waals surface area contributed by atoms with E-state index in [4.69, 9.17) is 0 Å². The molecule has 4 heteroatoms. The minimum atomic E-state index is 0.0299. The van der Waals surface area contributed by atoms with Crippen molar-refractivity contribution in [1.82, 2.24) is 9.55 Å². The van der Waals surface area contributed by atoms with Crippen LogP contribution in [0.3, 0.4) is 0 Å². The monoisotopic (exact) mass is 354 g/mol. The molecule has 0 saturated carbocycles. The van der Waals surface area contributed by atoms with Crippen LogP contribution in [0.15, 0.2) is 29.2 Å². The van der Waals surface area contributed by atoms with Crippen LogP contribution in [0.4, 0.5) is 0 Å². The normalized spacial score (nSPS) is 10.7. The third kappa shape index (κ3) is 2.80. The highest BCUT2D eigenvalue weighted by Crippen LogP contribution is 2.10. The molecule has 0 amide bonds. The third-order valence-corrected chi connectivity index (χ3v) is 3.57. The van der Waals surface area contributed by atoms with Gasteiger partial charge < -0.3 is 0 Å². The van der Waals surface area contributed by atoms with Crippen molar-refractivity contribution < 1.29 is 0 Å². The number of rotatable bonds is 2. The summed E-state index contributed by atoms with van der Waals surface area (Å²) in [5, 5.41) is 0. The van der Waals surface area contributed by atoms with E-state index in [-0.39, 0.29) is 5.56 Å². The molecule has 0 aliphatic heterocycles. The predicted molar refractivity (Wildman–Crippen MR) is 81.0 cm³/mol. The number of hydrogen-bond acceptors (Lipinski definition) is 2. The Balaban J connectivity index is 2.46. The molecule has 0 N–H and O–H groups in total. The molecular formula is C14H15IN2O. The van der Waals surface area contributed by atoms with Gasteiger partial charge in [0.05, 0.1) is 10.1 Å². The van der Waals surface area contributed by atoms with Crippen molar-refractivity contribution in [2.24, 2.45) is 0 Å². The molecule has 0 aliphatic carbocycles. The smallest absolute Gasteiger partial charge is 0.267 e. The fourth-order valence-corrected chi connectivity index (χ4v) is 2.51. The van der Waals surface area contributed by atoms with Gasteiger partial charge in [-0.1, -0.05) is 29.3 Å². The Kier molecular flexibility index (Phi) is 3.85. The average Bonchev–Trinajstić information content (AvgIpc) is 2.28. The molecule has 0 spiro atoms. The molecule has 1 heterocycles. The molecule has 18 heavy (non-hydrogen) atoms. The molecule has 0 aliphatic rings. The van der Waals surface area contributed by atoms with Gasteiger partial charge >= 0.3 is 0 Å². The maximum absolute atomic E-state index is 12.1. The number of aryl methyl sites for hydroxylation is 3. The highest BCUT2D eigenvalue weighted by Gasteiger charge is 2.06. The van der Waals surface area contributed by atoms with Crippen LogP contribution in [0.5, 0.6) is 0 Å². The number of halogens is 1. The maximum Gasteiger partial charge on any atom is 0.267 e. The third-order valence-electron chi connectivity index (χ3n) is 2.83. The molecule has 2 rings (SSSR count). The number of hydrogen-bond donors (Lipinski definition) is 0. The van der Waals surface area contributed by atoms with E-state index in [1.54, 1.807) is 10.8 Å². The van der Waals surface area contributed by atoms with E-state index in [1.807, 2.05) is 29.5 Å². The highest BCUT2D eigenvalue weighted by molar-refractivity contribution is 14.1. The van der Waals surface area contributed by atoms with Gasteiger partial charge in [-0.25, -0.2) is 4.98 Å². The summed E-state index contributed by atoms with van der Waals surface area (Å²) >= 11 is 2.03. The largest absolute Gasteiger partial charge is 0.292 e. The molecule has 94 valence electrons. The van der Waals surface area contributed by atoms with Crippen LogP contribution in [0.1, 0.15) is 22.5 Å². The topological polar surface area (TPSA) is 34.9 Å². The van der Waals surface area contributed by atoms with Crippen LogP contribution in [-0.4, -0.2) is 9.55 Å². The lowest BCUT2D eigenvalue weighted by Gasteiger charge is -2.10. The Bertz CT molecular complexity index is 626. The molecule has 2 aromatic rings. The van der Waals surface area contributed by atoms with Crippen LogP contribution >= 0.6 is 22.6 Å². The molecule has 0 fully saturated rings. The first kappa shape index (κ1) is 13.3. The van der Waals surface area contributed by atoms with Crippen LogP contribution in [0.2, 0.25) is 0 Å². The van der Waals surface area contributed by atoms with Crippen molar-refractivity contribution in [2.75, 3.05) is 0 Å². The molecule has 0 saturated heterocycles. The van der Waals surface area contributed by atoms with Crippen molar-refractivity contribution in [3.8, 4) is 0 Å². The minimum Gasteiger partial charge on any atom is -0.292 e. The lowest BCUT2D eigenvalue weighted by molar-refractivity contribution is 0.694. The summed E-state index contributed by atoms with van der Waals surface area (Å²) in [7, 11) is 0. The van der Waals surface area contributed by atoms with E-state index < -0.39 is 0 Å². The van der Waals surface area contributed by atoms with Gasteiger partial charge in [-0.3, -0.25) is 9.36 Å². The molecular weight excluding hydrogens is 339 g/mol. The molecule has 0 radical (unpaired) electrons. The summed E-state index contributed by atoms with van der Waals surface area (Å²) in [6, 6.07) is 6.35. The zero-order valence-electron chi connectivity index (χ0n) is 10.7. The molecule has 0 atom stereocenters. The Labute approximate surface area is 120 Å².